The quantitative estimate of drug-likeness (QED) is 0.649. The van der Waals surface area contributed by atoms with E-state index >= 15 is 0 Å². The number of amides is 1. The van der Waals surface area contributed by atoms with Crippen LogP contribution in [0.25, 0.3) is 0 Å². The van der Waals surface area contributed by atoms with E-state index in [0.29, 0.717) is 12.8 Å². The van der Waals surface area contributed by atoms with Gasteiger partial charge in [0.05, 0.1) is 31.8 Å². The summed E-state index contributed by atoms with van der Waals surface area (Å²) in [6, 6.07) is -0.796. The van der Waals surface area contributed by atoms with Gasteiger partial charge in [-0.3, -0.25) is 4.79 Å². The Hall–Kier alpha value is -1.14. The predicted octanol–water partition coefficient (Wildman–Crippen LogP) is -0.701. The number of carbonyl (C=O) groups is 2. The molecule has 17 heavy (non-hydrogen) atoms. The van der Waals surface area contributed by atoms with E-state index in [2.05, 4.69) is 0 Å². The standard InChI is InChI=1S/C11H17NO5/c1-16-9-5-8(11(15)17-2)12-7(9)3-6(13)4-10(12)14/h6-9,13H,3-5H2,1-2H3/t6?,7?,8-,9+/m0/s1. The second-order valence-electron chi connectivity index (χ2n) is 4.51. The highest BCUT2D eigenvalue weighted by Gasteiger charge is 2.50. The zero-order valence-electron chi connectivity index (χ0n) is 9.96. The van der Waals surface area contributed by atoms with Crippen molar-refractivity contribution < 1.29 is 24.2 Å². The molecule has 2 aliphatic heterocycles. The van der Waals surface area contributed by atoms with Crippen molar-refractivity contribution in [2.75, 3.05) is 14.2 Å². The molecule has 0 spiro atoms. The van der Waals surface area contributed by atoms with Gasteiger partial charge in [0, 0.05) is 13.5 Å². The first-order valence-electron chi connectivity index (χ1n) is 5.68. The van der Waals surface area contributed by atoms with Gasteiger partial charge in [-0.05, 0) is 6.42 Å². The minimum Gasteiger partial charge on any atom is -0.467 e. The first kappa shape index (κ1) is 12.3. The molecule has 0 aromatic carbocycles. The Morgan fingerprint density at radius 2 is 2.12 bits per heavy atom. The van der Waals surface area contributed by atoms with E-state index in [9.17, 15) is 14.7 Å². The second-order valence-corrected chi connectivity index (χ2v) is 4.51. The molecule has 96 valence electrons. The van der Waals surface area contributed by atoms with Gasteiger partial charge in [0.15, 0.2) is 0 Å². The van der Waals surface area contributed by atoms with Crippen molar-refractivity contribution in [3.05, 3.63) is 0 Å². The molecule has 0 bridgehead atoms. The fourth-order valence-corrected chi connectivity index (χ4v) is 2.79. The maximum absolute atomic E-state index is 11.9. The van der Waals surface area contributed by atoms with Crippen LogP contribution in [0.5, 0.6) is 0 Å². The van der Waals surface area contributed by atoms with Crippen LogP contribution >= 0.6 is 0 Å². The lowest BCUT2D eigenvalue weighted by molar-refractivity contribution is -0.156. The van der Waals surface area contributed by atoms with Gasteiger partial charge in [0.25, 0.3) is 0 Å². The van der Waals surface area contributed by atoms with E-state index in [-0.39, 0.29) is 24.5 Å². The number of fused-ring (bicyclic) bond motifs is 1. The molecule has 4 atom stereocenters. The fraction of sp³-hybridized carbons (Fsp3) is 0.818. The topological polar surface area (TPSA) is 76.1 Å². The third-order valence-corrected chi connectivity index (χ3v) is 3.57. The zero-order chi connectivity index (χ0) is 12.6. The van der Waals surface area contributed by atoms with E-state index in [0.717, 1.165) is 0 Å². The van der Waals surface area contributed by atoms with Crippen LogP contribution in [0.3, 0.4) is 0 Å². The number of aliphatic hydroxyl groups excluding tert-OH is 1. The predicted molar refractivity (Wildman–Crippen MR) is 57.1 cm³/mol. The van der Waals surface area contributed by atoms with Gasteiger partial charge in [0.1, 0.15) is 6.04 Å². The molecule has 0 aromatic rings. The largest absolute Gasteiger partial charge is 0.467 e. The zero-order valence-corrected chi connectivity index (χ0v) is 9.96. The summed E-state index contributed by atoms with van der Waals surface area (Å²) in [7, 11) is 2.86. The summed E-state index contributed by atoms with van der Waals surface area (Å²) in [6.07, 6.45) is 0.112. The highest BCUT2D eigenvalue weighted by Crippen LogP contribution is 2.34. The number of esters is 1. The Balaban J connectivity index is 2.23. The number of ether oxygens (including phenoxy) is 2. The maximum atomic E-state index is 11.9. The molecular weight excluding hydrogens is 226 g/mol. The Morgan fingerprint density at radius 3 is 2.71 bits per heavy atom. The average molecular weight is 243 g/mol. The van der Waals surface area contributed by atoms with Gasteiger partial charge in [-0.2, -0.15) is 0 Å². The molecule has 2 saturated heterocycles. The Labute approximate surface area is 99.5 Å². The third-order valence-electron chi connectivity index (χ3n) is 3.57. The number of hydrogen-bond acceptors (Lipinski definition) is 5. The minimum absolute atomic E-state index is 0.0699. The smallest absolute Gasteiger partial charge is 0.328 e. The highest BCUT2D eigenvalue weighted by atomic mass is 16.5. The van der Waals surface area contributed by atoms with E-state index in [1.807, 2.05) is 0 Å². The van der Waals surface area contributed by atoms with Gasteiger partial charge in [-0.25, -0.2) is 4.79 Å². The summed E-state index contributed by atoms with van der Waals surface area (Å²) < 4.78 is 9.99. The van der Waals surface area contributed by atoms with Crippen LogP contribution in [0.15, 0.2) is 0 Å². The molecule has 2 fully saturated rings. The fourth-order valence-electron chi connectivity index (χ4n) is 2.79. The lowest BCUT2D eigenvalue weighted by Crippen LogP contribution is -2.52. The number of methoxy groups -OCH3 is 2. The summed E-state index contributed by atoms with van der Waals surface area (Å²) in [5.41, 5.74) is 0. The molecule has 2 rings (SSSR count). The van der Waals surface area contributed by atoms with Crippen LogP contribution in [0, 0.1) is 0 Å². The summed E-state index contributed by atoms with van der Waals surface area (Å²) in [4.78, 5) is 25.0. The number of nitrogens with zero attached hydrogens (tertiary/aromatic N) is 1. The number of hydrogen-bond donors (Lipinski definition) is 1. The second kappa shape index (κ2) is 4.62. The van der Waals surface area contributed by atoms with Crippen LogP contribution in [-0.4, -0.2) is 60.4 Å². The van der Waals surface area contributed by atoms with Crippen molar-refractivity contribution in [1.29, 1.82) is 0 Å². The third kappa shape index (κ3) is 2.02. The highest BCUT2D eigenvalue weighted by molar-refractivity contribution is 5.86. The molecular formula is C11H17NO5. The summed E-state index contributed by atoms with van der Waals surface area (Å²) in [5, 5.41) is 9.60. The van der Waals surface area contributed by atoms with E-state index in [1.165, 1.54) is 12.0 Å². The van der Waals surface area contributed by atoms with Gasteiger partial charge in [-0.1, -0.05) is 0 Å². The van der Waals surface area contributed by atoms with Crippen LogP contribution < -0.4 is 0 Å². The molecule has 0 radical (unpaired) electrons. The molecule has 0 aromatic heterocycles. The lowest BCUT2D eigenvalue weighted by Gasteiger charge is -2.36. The van der Waals surface area contributed by atoms with Crippen LogP contribution in [0.4, 0.5) is 0 Å². The average Bonchev–Trinajstić information content (AvgIpc) is 2.66. The van der Waals surface area contributed by atoms with Crippen molar-refractivity contribution in [3.63, 3.8) is 0 Å². The number of rotatable bonds is 2. The van der Waals surface area contributed by atoms with Crippen molar-refractivity contribution in [3.8, 4) is 0 Å². The van der Waals surface area contributed by atoms with E-state index in [1.54, 1.807) is 7.11 Å². The van der Waals surface area contributed by atoms with Crippen molar-refractivity contribution in [1.82, 2.24) is 4.90 Å². The number of aliphatic hydroxyl groups is 1. The van der Waals surface area contributed by atoms with Crippen molar-refractivity contribution in [2.45, 2.75) is 43.6 Å². The first-order valence-corrected chi connectivity index (χ1v) is 5.68. The molecule has 2 heterocycles. The molecule has 0 saturated carbocycles. The SMILES string of the molecule is COC(=O)[C@@H]1C[C@@H](OC)C2CC(O)CC(=O)N21. The maximum Gasteiger partial charge on any atom is 0.328 e. The van der Waals surface area contributed by atoms with Crippen LogP contribution in [-0.2, 0) is 19.1 Å². The van der Waals surface area contributed by atoms with Gasteiger partial charge >= 0.3 is 5.97 Å². The van der Waals surface area contributed by atoms with Gasteiger partial charge in [0.2, 0.25) is 5.91 Å². The summed E-state index contributed by atoms with van der Waals surface area (Å²) in [5.74, 6) is -0.622. The number of piperidine rings is 1. The number of carbonyl (C=O) groups excluding carboxylic acids is 2. The van der Waals surface area contributed by atoms with Crippen molar-refractivity contribution >= 4 is 11.9 Å². The molecule has 2 aliphatic rings. The van der Waals surface area contributed by atoms with Gasteiger partial charge in [-0.15, -0.1) is 0 Å². The van der Waals surface area contributed by atoms with E-state index < -0.39 is 18.1 Å². The summed E-state index contributed by atoms with van der Waals surface area (Å²) >= 11 is 0. The van der Waals surface area contributed by atoms with Crippen LogP contribution in [0.1, 0.15) is 19.3 Å². The Bertz CT molecular complexity index is 332. The summed E-state index contributed by atoms with van der Waals surface area (Å²) in [6.45, 7) is 0. The first-order chi connectivity index (χ1) is 8.08. The molecule has 6 nitrogen and oxygen atoms in total. The lowest BCUT2D eigenvalue weighted by atomic mass is 9.98. The molecule has 1 amide bonds. The van der Waals surface area contributed by atoms with Crippen molar-refractivity contribution in [2.24, 2.45) is 0 Å². The van der Waals surface area contributed by atoms with E-state index in [4.69, 9.17) is 9.47 Å². The molecule has 1 N–H and O–H groups in total. The normalized spacial score (nSPS) is 36.9. The Kier molecular flexibility index (Phi) is 3.35. The molecule has 0 aliphatic carbocycles. The molecule has 2 unspecified atom stereocenters. The minimum atomic E-state index is -0.641. The molecule has 6 heteroatoms. The monoisotopic (exact) mass is 243 g/mol. The Morgan fingerprint density at radius 1 is 1.41 bits per heavy atom. The van der Waals surface area contributed by atoms with Gasteiger partial charge < -0.3 is 19.5 Å². The van der Waals surface area contributed by atoms with Crippen LogP contribution in [0.2, 0.25) is 0 Å².